The van der Waals surface area contributed by atoms with E-state index in [4.69, 9.17) is 0 Å². The van der Waals surface area contributed by atoms with Gasteiger partial charge in [-0.1, -0.05) is 24.3 Å². The molecule has 0 spiro atoms. The second kappa shape index (κ2) is 6.97. The van der Waals surface area contributed by atoms with Crippen LogP contribution in [-0.4, -0.2) is 18.1 Å². The molecule has 0 aromatic heterocycles. The molecule has 1 aromatic carbocycles. The molecule has 1 N–H and O–H groups in total. The Hall–Kier alpha value is -0.470. The SMILES string of the molecule is CSCCC(C)NC(C)c1ccccc1C. The van der Waals surface area contributed by atoms with Crippen molar-refractivity contribution in [1.82, 2.24) is 5.32 Å². The first kappa shape index (κ1) is 13.6. The van der Waals surface area contributed by atoms with Crippen LogP contribution in [0.15, 0.2) is 24.3 Å². The molecule has 2 heteroatoms. The zero-order chi connectivity index (χ0) is 12.0. The minimum atomic E-state index is 0.443. The van der Waals surface area contributed by atoms with E-state index in [-0.39, 0.29) is 0 Å². The average Bonchev–Trinajstić information content (AvgIpc) is 2.26. The van der Waals surface area contributed by atoms with E-state index in [1.165, 1.54) is 23.3 Å². The Morgan fingerprint density at radius 1 is 1.25 bits per heavy atom. The van der Waals surface area contributed by atoms with Crippen LogP contribution < -0.4 is 5.32 Å². The fraction of sp³-hybridized carbons (Fsp3) is 0.571. The van der Waals surface area contributed by atoms with Crippen molar-refractivity contribution in [3.63, 3.8) is 0 Å². The molecule has 0 aliphatic rings. The van der Waals surface area contributed by atoms with Crippen molar-refractivity contribution in [3.05, 3.63) is 35.4 Å². The molecule has 0 bridgehead atoms. The third-order valence-electron chi connectivity index (χ3n) is 2.94. The Balaban J connectivity index is 2.52. The van der Waals surface area contributed by atoms with Gasteiger partial charge in [0.15, 0.2) is 0 Å². The summed E-state index contributed by atoms with van der Waals surface area (Å²) in [5.41, 5.74) is 2.79. The van der Waals surface area contributed by atoms with Crippen LogP contribution in [0.1, 0.15) is 37.4 Å². The molecule has 0 amide bonds. The van der Waals surface area contributed by atoms with Gasteiger partial charge >= 0.3 is 0 Å². The highest BCUT2D eigenvalue weighted by Gasteiger charge is 2.10. The van der Waals surface area contributed by atoms with Crippen LogP contribution in [0.25, 0.3) is 0 Å². The summed E-state index contributed by atoms with van der Waals surface area (Å²) in [5.74, 6) is 1.23. The molecule has 0 aliphatic heterocycles. The Morgan fingerprint density at radius 3 is 2.56 bits per heavy atom. The molecule has 0 heterocycles. The van der Waals surface area contributed by atoms with Crippen molar-refractivity contribution in [1.29, 1.82) is 0 Å². The average molecular weight is 237 g/mol. The first-order valence-corrected chi connectivity index (χ1v) is 7.35. The van der Waals surface area contributed by atoms with Crippen molar-refractivity contribution in [2.45, 2.75) is 39.3 Å². The molecule has 0 fully saturated rings. The number of hydrogen-bond donors (Lipinski definition) is 1. The number of hydrogen-bond acceptors (Lipinski definition) is 2. The van der Waals surface area contributed by atoms with Crippen molar-refractivity contribution in [2.24, 2.45) is 0 Å². The van der Waals surface area contributed by atoms with Crippen LogP contribution in [0, 0.1) is 6.92 Å². The summed E-state index contributed by atoms with van der Waals surface area (Å²) < 4.78 is 0. The second-order valence-corrected chi connectivity index (χ2v) is 5.41. The van der Waals surface area contributed by atoms with E-state index in [0.29, 0.717) is 12.1 Å². The summed E-state index contributed by atoms with van der Waals surface area (Å²) >= 11 is 1.92. The van der Waals surface area contributed by atoms with Gasteiger partial charge in [0.05, 0.1) is 0 Å². The third-order valence-corrected chi connectivity index (χ3v) is 3.59. The standard InChI is InChI=1S/C14H23NS/c1-11-7-5-6-8-14(11)13(3)15-12(2)9-10-16-4/h5-8,12-13,15H,9-10H2,1-4H3. The van der Waals surface area contributed by atoms with Crippen LogP contribution in [-0.2, 0) is 0 Å². The Kier molecular flexibility index (Phi) is 5.93. The summed E-state index contributed by atoms with van der Waals surface area (Å²) in [6.07, 6.45) is 3.40. The van der Waals surface area contributed by atoms with Crippen LogP contribution in [0.5, 0.6) is 0 Å². The zero-order valence-corrected chi connectivity index (χ0v) is 11.6. The van der Waals surface area contributed by atoms with Crippen molar-refractivity contribution < 1.29 is 0 Å². The van der Waals surface area contributed by atoms with E-state index in [2.05, 4.69) is 56.6 Å². The molecule has 1 nitrogen and oxygen atoms in total. The molecule has 0 saturated heterocycles. The van der Waals surface area contributed by atoms with E-state index in [0.717, 1.165) is 0 Å². The molecular formula is C14H23NS. The van der Waals surface area contributed by atoms with Gasteiger partial charge in [-0.15, -0.1) is 0 Å². The van der Waals surface area contributed by atoms with Gasteiger partial charge in [-0.3, -0.25) is 0 Å². The van der Waals surface area contributed by atoms with Crippen LogP contribution in [0.3, 0.4) is 0 Å². The molecule has 16 heavy (non-hydrogen) atoms. The highest BCUT2D eigenvalue weighted by atomic mass is 32.2. The predicted octanol–water partition coefficient (Wildman–Crippen LogP) is 3.79. The van der Waals surface area contributed by atoms with Crippen LogP contribution >= 0.6 is 11.8 Å². The monoisotopic (exact) mass is 237 g/mol. The summed E-state index contributed by atoms with van der Waals surface area (Å²) in [7, 11) is 0. The number of aryl methyl sites for hydroxylation is 1. The molecule has 90 valence electrons. The topological polar surface area (TPSA) is 12.0 Å². The maximum atomic E-state index is 3.66. The highest BCUT2D eigenvalue weighted by Crippen LogP contribution is 2.17. The first-order valence-electron chi connectivity index (χ1n) is 5.95. The minimum Gasteiger partial charge on any atom is -0.308 e. The summed E-state index contributed by atoms with van der Waals surface area (Å²) in [6, 6.07) is 9.64. The number of nitrogens with one attached hydrogen (secondary N) is 1. The summed E-state index contributed by atoms with van der Waals surface area (Å²) in [4.78, 5) is 0. The lowest BCUT2D eigenvalue weighted by molar-refractivity contribution is 0.470. The van der Waals surface area contributed by atoms with Gasteiger partial charge in [-0.05, 0) is 50.3 Å². The van der Waals surface area contributed by atoms with Gasteiger partial charge in [-0.2, -0.15) is 11.8 Å². The van der Waals surface area contributed by atoms with E-state index >= 15 is 0 Å². The Labute approximate surface area is 104 Å². The van der Waals surface area contributed by atoms with Gasteiger partial charge in [-0.25, -0.2) is 0 Å². The zero-order valence-electron chi connectivity index (χ0n) is 10.8. The smallest absolute Gasteiger partial charge is 0.0296 e. The normalized spacial score (nSPS) is 14.8. The molecule has 2 atom stereocenters. The minimum absolute atomic E-state index is 0.443. The lowest BCUT2D eigenvalue weighted by Gasteiger charge is -2.21. The van der Waals surface area contributed by atoms with Gasteiger partial charge in [0.25, 0.3) is 0 Å². The third kappa shape index (κ3) is 4.18. The number of benzene rings is 1. The van der Waals surface area contributed by atoms with Crippen molar-refractivity contribution in [2.75, 3.05) is 12.0 Å². The first-order chi connectivity index (χ1) is 7.65. The largest absolute Gasteiger partial charge is 0.308 e. The fourth-order valence-corrected chi connectivity index (χ4v) is 2.56. The van der Waals surface area contributed by atoms with E-state index < -0.39 is 0 Å². The Morgan fingerprint density at radius 2 is 1.94 bits per heavy atom. The highest BCUT2D eigenvalue weighted by molar-refractivity contribution is 7.98. The molecule has 1 aromatic rings. The summed E-state index contributed by atoms with van der Waals surface area (Å²) in [5, 5.41) is 3.66. The molecule has 0 saturated carbocycles. The van der Waals surface area contributed by atoms with E-state index in [9.17, 15) is 0 Å². The molecule has 0 aliphatic carbocycles. The van der Waals surface area contributed by atoms with Gasteiger partial charge < -0.3 is 5.32 Å². The molecule has 0 radical (unpaired) electrons. The molecular weight excluding hydrogens is 214 g/mol. The van der Waals surface area contributed by atoms with Crippen molar-refractivity contribution in [3.8, 4) is 0 Å². The van der Waals surface area contributed by atoms with Gasteiger partial charge in [0, 0.05) is 12.1 Å². The number of rotatable bonds is 6. The summed E-state index contributed by atoms with van der Waals surface area (Å²) in [6.45, 7) is 6.70. The van der Waals surface area contributed by atoms with E-state index in [1.807, 2.05) is 11.8 Å². The number of thioether (sulfide) groups is 1. The molecule has 2 unspecified atom stereocenters. The fourth-order valence-electron chi connectivity index (χ4n) is 1.97. The second-order valence-electron chi connectivity index (χ2n) is 4.43. The van der Waals surface area contributed by atoms with Crippen LogP contribution in [0.4, 0.5) is 0 Å². The maximum Gasteiger partial charge on any atom is 0.0296 e. The van der Waals surface area contributed by atoms with E-state index in [1.54, 1.807) is 0 Å². The van der Waals surface area contributed by atoms with Crippen molar-refractivity contribution >= 4 is 11.8 Å². The van der Waals surface area contributed by atoms with Crippen LogP contribution in [0.2, 0.25) is 0 Å². The van der Waals surface area contributed by atoms with Gasteiger partial charge in [0.1, 0.15) is 0 Å². The van der Waals surface area contributed by atoms with Gasteiger partial charge in [0.2, 0.25) is 0 Å². The lowest BCUT2D eigenvalue weighted by Crippen LogP contribution is -2.29. The Bertz CT molecular complexity index is 311. The predicted molar refractivity (Wildman–Crippen MR) is 75.2 cm³/mol. The maximum absolute atomic E-state index is 3.66. The molecule has 1 rings (SSSR count). The lowest BCUT2D eigenvalue weighted by atomic mass is 10.0. The quantitative estimate of drug-likeness (QED) is 0.808.